The average molecular weight is 271 g/mol. The fraction of sp³-hybridized carbons (Fsp3) is 0.222. The number of fused-ring (bicyclic) bond motifs is 1. The maximum absolute atomic E-state index is 10.8. The van der Waals surface area contributed by atoms with Crippen LogP contribution in [0.5, 0.6) is 0 Å². The van der Waals surface area contributed by atoms with Crippen LogP contribution in [0.4, 0.5) is 5.69 Å². The van der Waals surface area contributed by atoms with E-state index in [-0.39, 0.29) is 17.9 Å². The van der Waals surface area contributed by atoms with Gasteiger partial charge in [-0.2, -0.15) is 0 Å². The zero-order valence-electron chi connectivity index (χ0n) is 9.07. The van der Waals surface area contributed by atoms with E-state index in [9.17, 15) is 18.5 Å². The van der Waals surface area contributed by atoms with Crippen molar-refractivity contribution in [2.45, 2.75) is 6.42 Å². The fourth-order valence-corrected chi connectivity index (χ4v) is 1.99. The number of non-ortho nitro benzene ring substituents is 1. The van der Waals surface area contributed by atoms with Crippen molar-refractivity contribution in [1.29, 1.82) is 0 Å². The Kier molecular flexibility index (Phi) is 3.01. The molecule has 2 aromatic rings. The van der Waals surface area contributed by atoms with Gasteiger partial charge in [-0.1, -0.05) is 5.16 Å². The van der Waals surface area contributed by atoms with E-state index in [0.717, 1.165) is 0 Å². The van der Waals surface area contributed by atoms with Gasteiger partial charge < -0.3 is 4.52 Å². The molecule has 0 saturated carbocycles. The van der Waals surface area contributed by atoms with Gasteiger partial charge in [0.1, 0.15) is 0 Å². The zero-order valence-corrected chi connectivity index (χ0v) is 9.88. The molecule has 0 fully saturated rings. The maximum Gasteiger partial charge on any atom is 0.270 e. The molecule has 0 saturated heterocycles. The van der Waals surface area contributed by atoms with Gasteiger partial charge in [0.15, 0.2) is 5.58 Å². The largest absolute Gasteiger partial charge is 0.356 e. The van der Waals surface area contributed by atoms with Crippen LogP contribution in [0.15, 0.2) is 22.7 Å². The minimum Gasteiger partial charge on any atom is -0.356 e. The summed E-state index contributed by atoms with van der Waals surface area (Å²) in [5.74, 6) is -0.294. The highest BCUT2D eigenvalue weighted by Crippen LogP contribution is 2.24. The fourth-order valence-electron chi connectivity index (χ4n) is 1.51. The van der Waals surface area contributed by atoms with E-state index in [1.807, 2.05) is 0 Å². The second-order valence-electron chi connectivity index (χ2n) is 3.68. The van der Waals surface area contributed by atoms with Gasteiger partial charge in [0.25, 0.3) is 5.69 Å². The molecule has 2 rings (SSSR count). The summed E-state index contributed by atoms with van der Waals surface area (Å²) in [5.41, 5.74) is 0.593. The number of nitrogens with two attached hydrogens (primary N) is 1. The van der Waals surface area contributed by atoms with Crippen molar-refractivity contribution in [2.24, 2.45) is 5.14 Å². The molecule has 18 heavy (non-hydrogen) atoms. The highest BCUT2D eigenvalue weighted by molar-refractivity contribution is 7.89. The SMILES string of the molecule is NS(=O)(=O)CCc1noc2ccc([N+](=O)[O-])cc12. The lowest BCUT2D eigenvalue weighted by molar-refractivity contribution is -0.384. The van der Waals surface area contributed by atoms with Gasteiger partial charge >= 0.3 is 0 Å². The molecule has 0 amide bonds. The highest BCUT2D eigenvalue weighted by atomic mass is 32.2. The van der Waals surface area contributed by atoms with Crippen LogP contribution in [0.25, 0.3) is 11.0 Å². The first-order chi connectivity index (χ1) is 8.37. The van der Waals surface area contributed by atoms with Gasteiger partial charge in [0.05, 0.1) is 21.8 Å². The molecule has 0 atom stereocenters. The number of aryl methyl sites for hydroxylation is 1. The maximum atomic E-state index is 10.8. The molecule has 0 bridgehead atoms. The van der Waals surface area contributed by atoms with Crippen LogP contribution in [-0.2, 0) is 16.4 Å². The molecular formula is C9H9N3O5S. The average Bonchev–Trinajstić information content (AvgIpc) is 2.67. The molecule has 0 radical (unpaired) electrons. The smallest absolute Gasteiger partial charge is 0.270 e. The summed E-state index contributed by atoms with van der Waals surface area (Å²) in [6.45, 7) is 0. The number of nitrogens with zero attached hydrogens (tertiary/aromatic N) is 2. The van der Waals surface area contributed by atoms with Crippen LogP contribution in [0.1, 0.15) is 5.69 Å². The lowest BCUT2D eigenvalue weighted by atomic mass is 10.1. The minimum atomic E-state index is -3.61. The number of aromatic nitrogens is 1. The van der Waals surface area contributed by atoms with E-state index < -0.39 is 14.9 Å². The van der Waals surface area contributed by atoms with Crippen LogP contribution >= 0.6 is 0 Å². The van der Waals surface area contributed by atoms with E-state index in [0.29, 0.717) is 16.7 Å². The third-order valence-corrected chi connectivity index (χ3v) is 3.14. The molecule has 0 spiro atoms. The predicted octanol–water partition coefficient (Wildman–Crippen LogP) is 0.567. The van der Waals surface area contributed by atoms with Crippen molar-refractivity contribution in [2.75, 3.05) is 5.75 Å². The Bertz CT molecular complexity index is 706. The van der Waals surface area contributed by atoms with E-state index in [1.165, 1.54) is 18.2 Å². The molecule has 1 aromatic heterocycles. The molecule has 96 valence electrons. The molecule has 9 heteroatoms. The van der Waals surface area contributed by atoms with E-state index >= 15 is 0 Å². The first-order valence-corrected chi connectivity index (χ1v) is 6.61. The Hall–Kier alpha value is -2.00. The summed E-state index contributed by atoms with van der Waals surface area (Å²) < 4.78 is 26.6. The topological polar surface area (TPSA) is 129 Å². The zero-order chi connectivity index (χ0) is 13.3. The van der Waals surface area contributed by atoms with Crippen molar-refractivity contribution in [3.63, 3.8) is 0 Å². The minimum absolute atomic E-state index is 0.0486. The van der Waals surface area contributed by atoms with Crippen LogP contribution in [-0.4, -0.2) is 24.3 Å². The van der Waals surface area contributed by atoms with Gasteiger partial charge in [0.2, 0.25) is 10.0 Å². The summed E-state index contributed by atoms with van der Waals surface area (Å²) in [4.78, 5) is 10.1. The van der Waals surface area contributed by atoms with Gasteiger partial charge in [0, 0.05) is 18.6 Å². The summed E-state index contributed by atoms with van der Waals surface area (Å²) in [6, 6.07) is 4.00. The molecular weight excluding hydrogens is 262 g/mol. The van der Waals surface area contributed by atoms with Gasteiger partial charge in [-0.3, -0.25) is 10.1 Å². The second kappa shape index (κ2) is 4.35. The second-order valence-corrected chi connectivity index (χ2v) is 5.42. The van der Waals surface area contributed by atoms with Crippen molar-refractivity contribution >= 4 is 26.7 Å². The molecule has 1 aromatic carbocycles. The summed E-state index contributed by atoms with van der Waals surface area (Å²) >= 11 is 0. The first-order valence-electron chi connectivity index (χ1n) is 4.90. The number of hydrogen-bond donors (Lipinski definition) is 1. The number of benzene rings is 1. The molecule has 8 nitrogen and oxygen atoms in total. The van der Waals surface area contributed by atoms with E-state index in [2.05, 4.69) is 5.16 Å². The summed E-state index contributed by atoms with van der Waals surface area (Å²) in [6.07, 6.45) is 0.0486. The highest BCUT2D eigenvalue weighted by Gasteiger charge is 2.15. The normalized spacial score (nSPS) is 11.8. The Morgan fingerprint density at radius 2 is 2.17 bits per heavy atom. The van der Waals surface area contributed by atoms with Crippen LogP contribution in [0.2, 0.25) is 0 Å². The Morgan fingerprint density at radius 3 is 2.78 bits per heavy atom. The molecule has 0 unspecified atom stereocenters. The Morgan fingerprint density at radius 1 is 1.44 bits per heavy atom. The number of primary sulfonamides is 1. The standard InChI is InChI=1S/C9H9N3O5S/c10-18(15,16)4-3-8-7-5-6(12(13)14)1-2-9(7)17-11-8/h1-2,5H,3-4H2,(H2,10,15,16). The van der Waals surface area contributed by atoms with Crippen LogP contribution in [0.3, 0.4) is 0 Å². The van der Waals surface area contributed by atoms with Gasteiger partial charge in [-0.15, -0.1) is 0 Å². The van der Waals surface area contributed by atoms with Gasteiger partial charge in [-0.25, -0.2) is 13.6 Å². The number of nitro groups is 1. The van der Waals surface area contributed by atoms with Crippen molar-refractivity contribution in [1.82, 2.24) is 5.16 Å². The van der Waals surface area contributed by atoms with Crippen molar-refractivity contribution in [3.8, 4) is 0 Å². The van der Waals surface area contributed by atoms with E-state index in [1.54, 1.807) is 0 Å². The third-order valence-electron chi connectivity index (χ3n) is 2.36. The number of nitro benzene ring substituents is 1. The third kappa shape index (κ3) is 2.63. The molecule has 2 N–H and O–H groups in total. The number of rotatable bonds is 4. The molecule has 0 aliphatic carbocycles. The molecule has 1 heterocycles. The van der Waals surface area contributed by atoms with Crippen LogP contribution in [0, 0.1) is 10.1 Å². The molecule has 0 aliphatic heterocycles. The lowest BCUT2D eigenvalue weighted by Gasteiger charge is -1.95. The summed E-state index contributed by atoms with van der Waals surface area (Å²) in [5, 5.41) is 19.6. The monoisotopic (exact) mass is 271 g/mol. The number of sulfonamides is 1. The van der Waals surface area contributed by atoms with Crippen LogP contribution < -0.4 is 5.14 Å². The van der Waals surface area contributed by atoms with E-state index in [4.69, 9.17) is 9.66 Å². The number of hydrogen-bond acceptors (Lipinski definition) is 6. The molecule has 0 aliphatic rings. The quantitative estimate of drug-likeness (QED) is 0.639. The first kappa shape index (κ1) is 12.5. The Balaban J connectivity index is 2.39. The summed E-state index contributed by atoms with van der Waals surface area (Å²) in [7, 11) is -3.61. The van der Waals surface area contributed by atoms with Gasteiger partial charge in [-0.05, 0) is 6.07 Å². The van der Waals surface area contributed by atoms with Crippen molar-refractivity contribution in [3.05, 3.63) is 34.0 Å². The van der Waals surface area contributed by atoms with Crippen molar-refractivity contribution < 1.29 is 17.9 Å². The lowest BCUT2D eigenvalue weighted by Crippen LogP contribution is -2.18. The Labute approximate surface area is 102 Å². The predicted molar refractivity (Wildman–Crippen MR) is 62.3 cm³/mol.